The summed E-state index contributed by atoms with van der Waals surface area (Å²) >= 11 is 1.10. The zero-order valence-electron chi connectivity index (χ0n) is 17.5. The molecule has 3 heterocycles. The lowest BCUT2D eigenvalue weighted by atomic mass is 10.2. The topological polar surface area (TPSA) is 112 Å². The molecule has 2 aromatic carbocycles. The van der Waals surface area contributed by atoms with E-state index in [1.165, 1.54) is 0 Å². The van der Waals surface area contributed by atoms with Crippen LogP contribution in [0.25, 0.3) is 0 Å². The van der Waals surface area contributed by atoms with Crippen molar-refractivity contribution >= 4 is 33.2 Å². The van der Waals surface area contributed by atoms with Crippen LogP contribution in [-0.4, -0.2) is 54.4 Å². The van der Waals surface area contributed by atoms with Crippen LogP contribution >= 0.6 is 11.8 Å². The molecule has 0 saturated carbocycles. The van der Waals surface area contributed by atoms with Crippen LogP contribution in [0.1, 0.15) is 18.4 Å². The molecule has 0 radical (unpaired) electrons. The number of carbonyl (C=O) groups is 1. The van der Waals surface area contributed by atoms with Crippen molar-refractivity contribution in [2.45, 2.75) is 23.8 Å². The molecule has 0 bridgehead atoms. The van der Waals surface area contributed by atoms with Gasteiger partial charge in [0, 0.05) is 5.69 Å². The van der Waals surface area contributed by atoms with Crippen molar-refractivity contribution in [1.82, 2.24) is 10.2 Å². The first-order chi connectivity index (χ1) is 16.0. The predicted molar refractivity (Wildman–Crippen MR) is 121 cm³/mol. The Balaban J connectivity index is 1.26. The van der Waals surface area contributed by atoms with Crippen molar-refractivity contribution in [1.29, 1.82) is 0 Å². The number of fused-ring (bicyclic) bond motifs is 1. The molecular formula is C22H21N3O6S2. The predicted octanol–water partition coefficient (Wildman–Crippen LogP) is 2.89. The molecule has 5 rings (SSSR count). The minimum atomic E-state index is -3.15. The quantitative estimate of drug-likeness (QED) is 0.484. The third-order valence-electron chi connectivity index (χ3n) is 5.40. The summed E-state index contributed by atoms with van der Waals surface area (Å²) in [4.78, 5) is 14.7. The molecule has 2 atom stereocenters. The number of sulfone groups is 1. The second-order valence-corrected chi connectivity index (χ2v) is 10.9. The van der Waals surface area contributed by atoms with E-state index in [9.17, 15) is 13.2 Å². The number of anilines is 1. The first-order valence-electron chi connectivity index (χ1n) is 10.4. The van der Waals surface area contributed by atoms with E-state index in [0.717, 1.165) is 11.8 Å². The van der Waals surface area contributed by atoms with E-state index in [2.05, 4.69) is 10.2 Å². The number of hydrogen-bond donors (Lipinski definition) is 0. The van der Waals surface area contributed by atoms with Gasteiger partial charge in [0.25, 0.3) is 11.1 Å². The molecule has 2 aliphatic heterocycles. The van der Waals surface area contributed by atoms with Gasteiger partial charge in [-0.15, -0.1) is 10.2 Å². The number of thioether (sulfide) groups is 1. The van der Waals surface area contributed by atoms with E-state index >= 15 is 0 Å². The van der Waals surface area contributed by atoms with Gasteiger partial charge in [0.1, 0.15) is 6.61 Å². The highest BCUT2D eigenvalue weighted by molar-refractivity contribution is 7.99. The fraction of sp³-hybridized carbons (Fsp3) is 0.318. The SMILES string of the molecule is O=C(CSc1nnc(C2COc3ccccc3O2)o1)N(c1ccccc1)C1CCS(=O)(=O)C1. The standard InChI is InChI=1S/C22H21N3O6S2/c26-20(25(15-6-2-1-3-7-15)16-10-11-33(27,28)14-16)13-32-22-24-23-21(31-22)19-12-29-17-8-4-5-9-18(17)30-19/h1-9,16,19H,10-14H2. The van der Waals surface area contributed by atoms with Crippen LogP contribution in [0.5, 0.6) is 11.5 Å². The summed E-state index contributed by atoms with van der Waals surface area (Å²) in [5.41, 5.74) is 0.669. The molecule has 0 aliphatic carbocycles. The maximum absolute atomic E-state index is 13.1. The van der Waals surface area contributed by atoms with Gasteiger partial charge >= 0.3 is 0 Å². The molecule has 0 spiro atoms. The van der Waals surface area contributed by atoms with Gasteiger partial charge in [0.2, 0.25) is 12.0 Å². The van der Waals surface area contributed by atoms with Crippen molar-refractivity contribution in [3.63, 3.8) is 0 Å². The lowest BCUT2D eigenvalue weighted by Gasteiger charge is -2.28. The number of rotatable bonds is 6. The summed E-state index contributed by atoms with van der Waals surface area (Å²) in [6, 6.07) is 16.0. The van der Waals surface area contributed by atoms with Crippen LogP contribution in [0.2, 0.25) is 0 Å². The Labute approximate surface area is 195 Å². The van der Waals surface area contributed by atoms with Crippen molar-refractivity contribution in [3.8, 4) is 11.5 Å². The Hall–Kier alpha value is -3.05. The number of hydrogen-bond acceptors (Lipinski definition) is 9. The molecule has 2 unspecified atom stereocenters. The highest BCUT2D eigenvalue weighted by Crippen LogP contribution is 2.36. The molecule has 1 aromatic heterocycles. The summed E-state index contributed by atoms with van der Waals surface area (Å²) in [6.45, 7) is 0.236. The molecule has 11 heteroatoms. The van der Waals surface area contributed by atoms with Crippen molar-refractivity contribution < 1.29 is 27.1 Å². The maximum atomic E-state index is 13.1. The van der Waals surface area contributed by atoms with Gasteiger partial charge in [-0.25, -0.2) is 8.42 Å². The minimum Gasteiger partial charge on any atom is -0.485 e. The van der Waals surface area contributed by atoms with Crippen LogP contribution in [-0.2, 0) is 14.6 Å². The van der Waals surface area contributed by atoms with E-state index in [4.69, 9.17) is 13.9 Å². The average molecular weight is 488 g/mol. The third-order valence-corrected chi connectivity index (χ3v) is 7.96. The Bertz CT molecular complexity index is 1250. The highest BCUT2D eigenvalue weighted by Gasteiger charge is 2.35. The minimum absolute atomic E-state index is 0.0257. The first kappa shape index (κ1) is 21.8. The van der Waals surface area contributed by atoms with Gasteiger partial charge in [0.15, 0.2) is 21.3 Å². The van der Waals surface area contributed by atoms with Gasteiger partial charge < -0.3 is 18.8 Å². The van der Waals surface area contributed by atoms with E-state index in [0.29, 0.717) is 23.6 Å². The maximum Gasteiger partial charge on any atom is 0.277 e. The number of carbonyl (C=O) groups excluding carboxylic acids is 1. The average Bonchev–Trinajstić information content (AvgIpc) is 3.44. The fourth-order valence-corrected chi connectivity index (χ4v) is 6.20. The van der Waals surface area contributed by atoms with Gasteiger partial charge in [-0.3, -0.25) is 4.79 Å². The second-order valence-electron chi connectivity index (χ2n) is 7.72. The number of nitrogens with zero attached hydrogens (tertiary/aromatic N) is 3. The smallest absolute Gasteiger partial charge is 0.277 e. The van der Waals surface area contributed by atoms with Crippen molar-refractivity contribution in [2.24, 2.45) is 0 Å². The Morgan fingerprint density at radius 3 is 2.58 bits per heavy atom. The summed E-state index contributed by atoms with van der Waals surface area (Å²) in [5.74, 6) is 1.37. The molecule has 3 aromatic rings. The lowest BCUT2D eigenvalue weighted by molar-refractivity contribution is -0.116. The summed E-state index contributed by atoms with van der Waals surface area (Å²) in [5, 5.41) is 8.29. The van der Waals surface area contributed by atoms with Gasteiger partial charge in [-0.1, -0.05) is 42.1 Å². The zero-order valence-corrected chi connectivity index (χ0v) is 19.1. The molecule has 9 nitrogen and oxygen atoms in total. The van der Waals surface area contributed by atoms with Gasteiger partial charge in [0.05, 0.1) is 23.3 Å². The van der Waals surface area contributed by atoms with Crippen molar-refractivity contribution in [2.75, 3.05) is 28.8 Å². The molecule has 0 N–H and O–H groups in total. The normalized spacial score (nSPS) is 21.0. The van der Waals surface area contributed by atoms with E-state index in [1.807, 2.05) is 36.4 Å². The van der Waals surface area contributed by atoms with E-state index in [-0.39, 0.29) is 40.9 Å². The number of aromatic nitrogens is 2. The molecule has 1 saturated heterocycles. The molecule has 1 fully saturated rings. The van der Waals surface area contributed by atoms with Crippen LogP contribution in [0.4, 0.5) is 5.69 Å². The van der Waals surface area contributed by atoms with Crippen LogP contribution in [0, 0.1) is 0 Å². The van der Waals surface area contributed by atoms with Crippen LogP contribution in [0.15, 0.2) is 64.2 Å². The Kier molecular flexibility index (Phi) is 5.98. The molecule has 172 valence electrons. The largest absolute Gasteiger partial charge is 0.485 e. The van der Waals surface area contributed by atoms with Gasteiger partial charge in [-0.05, 0) is 30.7 Å². The van der Waals surface area contributed by atoms with E-state index < -0.39 is 22.0 Å². The number of amides is 1. The summed E-state index contributed by atoms with van der Waals surface area (Å²) < 4.78 is 41.3. The second kappa shape index (κ2) is 9.06. The summed E-state index contributed by atoms with van der Waals surface area (Å²) in [6.07, 6.45) is -0.124. The first-order valence-corrected chi connectivity index (χ1v) is 13.2. The number of para-hydroxylation sites is 3. The Morgan fingerprint density at radius 1 is 1.06 bits per heavy atom. The molecule has 1 amide bonds. The fourth-order valence-electron chi connectivity index (χ4n) is 3.87. The lowest BCUT2D eigenvalue weighted by Crippen LogP contribution is -2.42. The molecule has 2 aliphatic rings. The monoisotopic (exact) mass is 487 g/mol. The van der Waals surface area contributed by atoms with Crippen LogP contribution < -0.4 is 14.4 Å². The van der Waals surface area contributed by atoms with E-state index in [1.54, 1.807) is 23.1 Å². The van der Waals surface area contributed by atoms with Crippen LogP contribution in [0.3, 0.4) is 0 Å². The number of benzene rings is 2. The van der Waals surface area contributed by atoms with Gasteiger partial charge in [-0.2, -0.15) is 0 Å². The zero-order chi connectivity index (χ0) is 22.8. The molecular weight excluding hydrogens is 466 g/mol. The van der Waals surface area contributed by atoms with Crippen molar-refractivity contribution in [3.05, 3.63) is 60.5 Å². The molecule has 33 heavy (non-hydrogen) atoms. The Morgan fingerprint density at radius 2 is 1.82 bits per heavy atom. The third kappa shape index (κ3) is 4.83. The highest BCUT2D eigenvalue weighted by atomic mass is 32.2. The number of ether oxygens (including phenoxy) is 2. The summed E-state index contributed by atoms with van der Waals surface area (Å²) in [7, 11) is -3.15.